The van der Waals surface area contributed by atoms with Crippen LogP contribution >= 0.6 is 0 Å². The van der Waals surface area contributed by atoms with Gasteiger partial charge in [0.15, 0.2) is 5.69 Å². The van der Waals surface area contributed by atoms with Crippen molar-refractivity contribution in [1.82, 2.24) is 19.8 Å². The molecule has 3 aromatic carbocycles. The van der Waals surface area contributed by atoms with E-state index in [-0.39, 0.29) is 17.9 Å². The van der Waals surface area contributed by atoms with Gasteiger partial charge in [0.1, 0.15) is 17.1 Å². The van der Waals surface area contributed by atoms with Gasteiger partial charge in [0, 0.05) is 12.6 Å². The molecule has 15 heteroatoms. The molecular formula is C40H44F4N6O4S. The highest BCUT2D eigenvalue weighted by atomic mass is 32.2. The van der Waals surface area contributed by atoms with Crippen LogP contribution < -0.4 is 15.4 Å². The summed E-state index contributed by atoms with van der Waals surface area (Å²) in [6.45, 7) is 10.5. The number of halogens is 4. The molecule has 1 aromatic heterocycles. The fraction of sp³-hybridized carbons (Fsp3) is 0.400. The monoisotopic (exact) mass is 780 g/mol. The van der Waals surface area contributed by atoms with Gasteiger partial charge in [-0.15, -0.1) is 0 Å². The predicted octanol–water partition coefficient (Wildman–Crippen LogP) is 8.66. The number of rotatable bonds is 12. The van der Waals surface area contributed by atoms with E-state index in [1.54, 1.807) is 51.1 Å². The molecule has 292 valence electrons. The first kappa shape index (κ1) is 41.1. The molecule has 0 aliphatic heterocycles. The summed E-state index contributed by atoms with van der Waals surface area (Å²) in [6.07, 6.45) is -2.38. The number of benzene rings is 3. The molecule has 2 atom stereocenters. The second-order valence-corrected chi connectivity index (χ2v) is 17.5. The lowest BCUT2D eigenvalue weighted by Crippen LogP contribution is -2.49. The third-order valence-electron chi connectivity index (χ3n) is 8.89. The molecule has 2 amide bonds. The number of carbonyl (C=O) groups is 2. The van der Waals surface area contributed by atoms with Gasteiger partial charge in [-0.05, 0) is 113 Å². The number of nitrogens with one attached hydrogen (secondary N) is 3. The Kier molecular flexibility index (Phi) is 11.9. The molecule has 5 rings (SSSR count). The van der Waals surface area contributed by atoms with E-state index >= 15 is 4.39 Å². The lowest BCUT2D eigenvalue weighted by molar-refractivity contribution is -0.141. The third-order valence-corrected chi connectivity index (χ3v) is 10.5. The van der Waals surface area contributed by atoms with Gasteiger partial charge in [0.2, 0.25) is 0 Å². The second kappa shape index (κ2) is 16.0. The zero-order chi connectivity index (χ0) is 40.3. The van der Waals surface area contributed by atoms with E-state index in [2.05, 4.69) is 26.5 Å². The van der Waals surface area contributed by atoms with Crippen LogP contribution in [0.1, 0.15) is 106 Å². The fourth-order valence-electron chi connectivity index (χ4n) is 5.83. The summed E-state index contributed by atoms with van der Waals surface area (Å²) in [5, 5.41) is 18.2. The number of alkyl halides is 3. The van der Waals surface area contributed by atoms with Crippen molar-refractivity contribution >= 4 is 28.7 Å². The fourth-order valence-corrected chi connectivity index (χ4v) is 6.79. The van der Waals surface area contributed by atoms with Gasteiger partial charge in [-0.2, -0.15) is 23.5 Å². The van der Waals surface area contributed by atoms with E-state index in [1.807, 2.05) is 20.8 Å². The van der Waals surface area contributed by atoms with Gasteiger partial charge in [-0.25, -0.2) is 22.8 Å². The van der Waals surface area contributed by atoms with E-state index in [0.717, 1.165) is 30.0 Å². The Bertz CT molecular complexity index is 2110. The van der Waals surface area contributed by atoms with Gasteiger partial charge in [-0.1, -0.05) is 43.2 Å². The van der Waals surface area contributed by atoms with Crippen molar-refractivity contribution in [3.63, 3.8) is 0 Å². The van der Waals surface area contributed by atoms with Gasteiger partial charge >= 0.3 is 12.3 Å². The normalized spacial score (nSPS) is 15.1. The first-order valence-corrected chi connectivity index (χ1v) is 18.9. The maximum Gasteiger partial charge on any atom is 0.435 e. The summed E-state index contributed by atoms with van der Waals surface area (Å²) >= 11 is 0. The number of hydrogen-bond acceptors (Lipinski definition) is 6. The molecule has 0 bridgehead atoms. The van der Waals surface area contributed by atoms with Gasteiger partial charge < -0.3 is 15.4 Å². The Morgan fingerprint density at radius 3 is 2.24 bits per heavy atom. The zero-order valence-electron chi connectivity index (χ0n) is 31.4. The molecule has 55 heavy (non-hydrogen) atoms. The summed E-state index contributed by atoms with van der Waals surface area (Å²) < 4.78 is 80.2. The molecule has 1 aliphatic rings. The second-order valence-electron chi connectivity index (χ2n) is 15.6. The topological polar surface area (TPSA) is 138 Å². The highest BCUT2D eigenvalue weighted by Gasteiger charge is 2.41. The van der Waals surface area contributed by atoms with Gasteiger partial charge in [0.05, 0.1) is 44.3 Å². The smallest absolute Gasteiger partial charge is 0.435 e. The number of anilines is 1. The van der Waals surface area contributed by atoms with Crippen LogP contribution in [0.4, 0.5) is 28.0 Å². The molecule has 10 nitrogen and oxygen atoms in total. The van der Waals surface area contributed by atoms with E-state index in [9.17, 15) is 32.2 Å². The Morgan fingerprint density at radius 2 is 1.64 bits per heavy atom. The number of amides is 2. The number of nitrogens with zero attached hydrogens (tertiary/aromatic N) is 3. The minimum atomic E-state index is -4.92. The van der Waals surface area contributed by atoms with Crippen molar-refractivity contribution < 1.29 is 36.1 Å². The molecule has 3 N–H and O–H groups in total. The Hall–Kier alpha value is -5.07. The van der Waals surface area contributed by atoms with Crippen LogP contribution in [-0.4, -0.2) is 36.3 Å². The van der Waals surface area contributed by atoms with Crippen LogP contribution in [0.2, 0.25) is 0 Å². The van der Waals surface area contributed by atoms with Crippen LogP contribution in [0.15, 0.2) is 72.8 Å². The van der Waals surface area contributed by atoms with Crippen molar-refractivity contribution in [3.8, 4) is 11.8 Å². The SMILES string of the molecule is CC(C)(C)OC(=O)NCc1cccc(-n2nc(C(F)(F)F)cc2C(=O)Nc2cc(C(CCC3CC3)(N[S@](=O)C(C)(C)C)c3ccc(C#N)cc3)ccc2F)c1. The minimum Gasteiger partial charge on any atom is -0.444 e. The molecule has 1 saturated carbocycles. The zero-order valence-corrected chi connectivity index (χ0v) is 32.3. The van der Waals surface area contributed by atoms with Crippen LogP contribution in [0.25, 0.3) is 5.69 Å². The molecule has 1 unspecified atom stereocenters. The minimum absolute atomic E-state index is 0.0363. The molecule has 4 aromatic rings. The molecule has 0 radical (unpaired) electrons. The van der Waals surface area contributed by atoms with Crippen LogP contribution in [0.3, 0.4) is 0 Å². The average Bonchev–Trinajstić information content (AvgIpc) is 3.82. The number of carbonyl (C=O) groups excluding carboxylic acids is 2. The van der Waals surface area contributed by atoms with Gasteiger partial charge in [-0.3, -0.25) is 4.79 Å². The number of nitriles is 1. The molecule has 0 spiro atoms. The van der Waals surface area contributed by atoms with E-state index < -0.39 is 62.3 Å². The number of aromatic nitrogens is 2. The largest absolute Gasteiger partial charge is 0.444 e. The summed E-state index contributed by atoms with van der Waals surface area (Å²) in [5.74, 6) is -1.50. The molecule has 0 saturated heterocycles. The van der Waals surface area contributed by atoms with Crippen molar-refractivity contribution in [2.75, 3.05) is 5.32 Å². The van der Waals surface area contributed by atoms with Crippen molar-refractivity contribution in [3.05, 3.63) is 112 Å². The molecule has 1 heterocycles. The molecule has 1 fully saturated rings. The number of ether oxygens (including phenoxy) is 1. The van der Waals surface area contributed by atoms with Crippen LogP contribution in [0.5, 0.6) is 0 Å². The van der Waals surface area contributed by atoms with E-state index in [1.165, 1.54) is 30.3 Å². The number of alkyl carbamates (subject to hydrolysis) is 1. The molecular weight excluding hydrogens is 737 g/mol. The molecule has 1 aliphatic carbocycles. The lowest BCUT2D eigenvalue weighted by Gasteiger charge is -2.38. The maximum absolute atomic E-state index is 15.7. The first-order valence-electron chi connectivity index (χ1n) is 17.7. The Labute approximate surface area is 320 Å². The summed E-state index contributed by atoms with van der Waals surface area (Å²) in [7, 11) is -1.65. The van der Waals surface area contributed by atoms with E-state index in [4.69, 9.17) is 4.74 Å². The van der Waals surface area contributed by atoms with Crippen molar-refractivity contribution in [2.45, 2.75) is 95.8 Å². The highest BCUT2D eigenvalue weighted by molar-refractivity contribution is 7.84. The quantitative estimate of drug-likeness (QED) is 0.123. The Morgan fingerprint density at radius 1 is 0.964 bits per heavy atom. The summed E-state index contributed by atoms with van der Waals surface area (Å²) in [6, 6.07) is 19.5. The van der Waals surface area contributed by atoms with Crippen LogP contribution in [0, 0.1) is 23.1 Å². The van der Waals surface area contributed by atoms with Crippen molar-refractivity contribution in [1.29, 1.82) is 5.26 Å². The summed E-state index contributed by atoms with van der Waals surface area (Å²) in [5.41, 5.74) is -2.08. The third kappa shape index (κ3) is 10.4. The van der Waals surface area contributed by atoms with E-state index in [0.29, 0.717) is 40.7 Å². The Balaban J connectivity index is 1.54. The van der Waals surface area contributed by atoms with Crippen LogP contribution in [-0.2, 0) is 34.0 Å². The average molecular weight is 781 g/mol. The first-order chi connectivity index (χ1) is 25.7. The number of hydrogen-bond donors (Lipinski definition) is 3. The van der Waals surface area contributed by atoms with Crippen molar-refractivity contribution in [2.24, 2.45) is 5.92 Å². The summed E-state index contributed by atoms with van der Waals surface area (Å²) in [4.78, 5) is 26.1. The lowest BCUT2D eigenvalue weighted by atomic mass is 9.79. The predicted molar refractivity (Wildman–Crippen MR) is 201 cm³/mol. The highest BCUT2D eigenvalue weighted by Crippen LogP contribution is 2.43. The maximum atomic E-state index is 15.7. The van der Waals surface area contributed by atoms with Gasteiger partial charge in [0.25, 0.3) is 5.91 Å². The standard InChI is InChI=1S/C40H44F4N6O4S/c1-37(2,3)54-36(52)46-24-27-8-7-9-30(20-27)50-33(22-34(48-50)40(42,43)44)35(51)47-32-21-29(16-17-31(32)41)39(19-18-25-10-11-25,49-55(53)38(4,5)6)28-14-12-26(23-45)13-15-28/h7-9,12-17,20-22,25,49H,10-11,18-19,24H2,1-6H3,(H,46,52)(H,47,51)/t39?,55-/m1/s1.